The summed E-state index contributed by atoms with van der Waals surface area (Å²) in [6.45, 7) is 3.75. The quantitative estimate of drug-likeness (QED) is 0.440. The van der Waals surface area contributed by atoms with Gasteiger partial charge in [-0.05, 0) is 29.8 Å². The molecule has 1 fully saturated rings. The van der Waals surface area contributed by atoms with Crippen molar-refractivity contribution in [1.82, 2.24) is 9.80 Å². The van der Waals surface area contributed by atoms with E-state index in [1.807, 2.05) is 66.4 Å². The number of nitrogens with zero attached hydrogens (tertiary/aromatic N) is 2. The predicted octanol–water partition coefficient (Wildman–Crippen LogP) is 5.15. The Bertz CT molecular complexity index is 1310. The van der Waals surface area contributed by atoms with E-state index in [1.165, 1.54) is 0 Å². The van der Waals surface area contributed by atoms with E-state index in [2.05, 4.69) is 0 Å². The fourth-order valence-electron chi connectivity index (χ4n) is 4.25. The summed E-state index contributed by atoms with van der Waals surface area (Å²) in [6, 6.07) is 19.2. The topological polar surface area (TPSA) is 53.8 Å². The summed E-state index contributed by atoms with van der Waals surface area (Å²) in [5, 5.41) is 3.33. The molecule has 0 atom stereocenters. The number of amides is 2. The van der Waals surface area contributed by atoms with Crippen LogP contribution in [-0.2, 0) is 0 Å². The Labute approximate surface area is 184 Å². The maximum absolute atomic E-state index is 13.2. The molecule has 31 heavy (non-hydrogen) atoms. The van der Waals surface area contributed by atoms with Crippen LogP contribution in [0.1, 0.15) is 26.5 Å². The molecule has 2 amide bonds. The van der Waals surface area contributed by atoms with E-state index in [4.69, 9.17) is 16.0 Å². The zero-order valence-electron chi connectivity index (χ0n) is 17.1. The van der Waals surface area contributed by atoms with E-state index in [1.54, 1.807) is 11.0 Å². The molecule has 5 nitrogen and oxygen atoms in total. The van der Waals surface area contributed by atoms with Crippen molar-refractivity contribution in [1.29, 1.82) is 0 Å². The molecule has 1 aliphatic heterocycles. The zero-order chi connectivity index (χ0) is 21.5. The number of aryl methyl sites for hydroxylation is 1. The van der Waals surface area contributed by atoms with Gasteiger partial charge >= 0.3 is 0 Å². The summed E-state index contributed by atoms with van der Waals surface area (Å²) < 4.78 is 5.83. The lowest BCUT2D eigenvalue weighted by molar-refractivity contribution is 0.0520. The number of hydrogen-bond acceptors (Lipinski definition) is 3. The van der Waals surface area contributed by atoms with Crippen molar-refractivity contribution in [3.8, 4) is 0 Å². The lowest BCUT2D eigenvalue weighted by Crippen LogP contribution is -2.50. The van der Waals surface area contributed by atoms with Crippen LogP contribution in [0.3, 0.4) is 0 Å². The average Bonchev–Trinajstić information content (AvgIpc) is 3.15. The van der Waals surface area contributed by atoms with Crippen LogP contribution in [0.15, 0.2) is 65.1 Å². The second-order valence-corrected chi connectivity index (χ2v) is 8.19. The van der Waals surface area contributed by atoms with Gasteiger partial charge in [-0.2, -0.15) is 0 Å². The number of piperazine rings is 1. The van der Waals surface area contributed by atoms with Gasteiger partial charge < -0.3 is 14.2 Å². The van der Waals surface area contributed by atoms with Gasteiger partial charge in [0.05, 0.1) is 5.02 Å². The molecule has 156 valence electrons. The van der Waals surface area contributed by atoms with Crippen LogP contribution < -0.4 is 0 Å². The van der Waals surface area contributed by atoms with E-state index in [0.29, 0.717) is 48.1 Å². The smallest absolute Gasteiger partial charge is 0.290 e. The molecule has 6 heteroatoms. The Morgan fingerprint density at radius 1 is 0.806 bits per heavy atom. The third-order valence-electron chi connectivity index (χ3n) is 5.98. The number of benzene rings is 3. The van der Waals surface area contributed by atoms with Crippen molar-refractivity contribution in [3.63, 3.8) is 0 Å². The van der Waals surface area contributed by atoms with Crippen molar-refractivity contribution in [3.05, 3.63) is 82.6 Å². The number of carbonyl (C=O) groups is 2. The minimum atomic E-state index is -0.165. The number of fused-ring (bicyclic) bond motifs is 2. The molecule has 5 rings (SSSR count). The lowest BCUT2D eigenvalue weighted by atomic mass is 10.0. The number of para-hydroxylation sites is 1. The van der Waals surface area contributed by atoms with Gasteiger partial charge in [0, 0.05) is 42.7 Å². The Morgan fingerprint density at radius 2 is 1.42 bits per heavy atom. The Hall–Kier alpha value is -3.31. The summed E-state index contributed by atoms with van der Waals surface area (Å²) in [5.74, 6) is 0.148. The molecule has 0 N–H and O–H groups in total. The van der Waals surface area contributed by atoms with Crippen molar-refractivity contribution in [2.75, 3.05) is 26.2 Å². The van der Waals surface area contributed by atoms with E-state index in [0.717, 1.165) is 21.7 Å². The molecule has 0 aliphatic carbocycles. The summed E-state index contributed by atoms with van der Waals surface area (Å²) >= 11 is 6.22. The molecular formula is C25H21ClN2O3. The first-order valence-electron chi connectivity index (χ1n) is 10.3. The Balaban J connectivity index is 1.33. The molecule has 2 heterocycles. The monoisotopic (exact) mass is 432 g/mol. The Kier molecular flexibility index (Phi) is 4.91. The highest BCUT2D eigenvalue weighted by atomic mass is 35.5. The summed E-state index contributed by atoms with van der Waals surface area (Å²) in [5.41, 5.74) is 2.02. The third kappa shape index (κ3) is 3.35. The molecule has 0 saturated carbocycles. The Morgan fingerprint density at radius 3 is 2.16 bits per heavy atom. The average molecular weight is 433 g/mol. The summed E-state index contributed by atoms with van der Waals surface area (Å²) in [7, 11) is 0. The van der Waals surface area contributed by atoms with Gasteiger partial charge in [0.2, 0.25) is 0 Å². The van der Waals surface area contributed by atoms with Crippen molar-refractivity contribution in [2.24, 2.45) is 0 Å². The zero-order valence-corrected chi connectivity index (χ0v) is 17.9. The molecule has 4 aromatic rings. The molecule has 0 radical (unpaired) electrons. The van der Waals surface area contributed by atoms with E-state index < -0.39 is 0 Å². The first kappa shape index (κ1) is 19.6. The van der Waals surface area contributed by atoms with Gasteiger partial charge in [-0.25, -0.2) is 0 Å². The molecule has 1 aromatic heterocycles. The number of rotatable bonds is 2. The first-order valence-corrected chi connectivity index (χ1v) is 10.7. The minimum Gasteiger partial charge on any atom is -0.449 e. The maximum atomic E-state index is 13.2. The minimum absolute atomic E-state index is 0.00408. The molecule has 0 spiro atoms. The third-order valence-corrected chi connectivity index (χ3v) is 6.28. The highest BCUT2D eigenvalue weighted by Gasteiger charge is 2.29. The number of hydrogen-bond donors (Lipinski definition) is 0. The van der Waals surface area contributed by atoms with Gasteiger partial charge in [0.25, 0.3) is 11.8 Å². The van der Waals surface area contributed by atoms with Crippen LogP contribution in [0.2, 0.25) is 5.02 Å². The molecule has 0 bridgehead atoms. The SMILES string of the molecule is Cc1c(C(=O)N2CCN(C(=O)c3cccc4ccccc34)CC2)oc2c(Cl)cccc12. The largest absolute Gasteiger partial charge is 0.449 e. The second kappa shape index (κ2) is 7.75. The van der Waals surface area contributed by atoms with Crippen LogP contribution in [-0.4, -0.2) is 47.8 Å². The van der Waals surface area contributed by atoms with Crippen molar-refractivity contribution >= 4 is 45.2 Å². The second-order valence-electron chi connectivity index (χ2n) is 7.78. The fourth-order valence-corrected chi connectivity index (χ4v) is 4.46. The van der Waals surface area contributed by atoms with Crippen LogP contribution in [0.5, 0.6) is 0 Å². The molecular weight excluding hydrogens is 412 g/mol. The van der Waals surface area contributed by atoms with E-state index in [-0.39, 0.29) is 11.8 Å². The molecule has 1 aliphatic rings. The van der Waals surface area contributed by atoms with E-state index in [9.17, 15) is 9.59 Å². The highest BCUT2D eigenvalue weighted by Crippen LogP contribution is 2.31. The molecule has 1 saturated heterocycles. The predicted molar refractivity (Wildman–Crippen MR) is 122 cm³/mol. The van der Waals surface area contributed by atoms with E-state index >= 15 is 0 Å². The standard InChI is InChI=1S/C25H21ClN2O3/c1-16-18-9-5-11-21(26)23(18)31-22(16)25(30)28-14-12-27(13-15-28)24(29)20-10-4-7-17-6-2-3-8-19(17)20/h2-11H,12-15H2,1H3. The first-order chi connectivity index (χ1) is 15.0. The van der Waals surface area contributed by atoms with Gasteiger partial charge in [0.15, 0.2) is 11.3 Å². The van der Waals surface area contributed by atoms with Crippen LogP contribution in [0, 0.1) is 6.92 Å². The normalized spacial score (nSPS) is 14.4. The lowest BCUT2D eigenvalue weighted by Gasteiger charge is -2.34. The number of halogens is 1. The van der Waals surface area contributed by atoms with Crippen LogP contribution in [0.25, 0.3) is 21.7 Å². The van der Waals surface area contributed by atoms with Gasteiger partial charge in [-0.1, -0.05) is 60.1 Å². The van der Waals surface area contributed by atoms with Gasteiger partial charge in [-0.15, -0.1) is 0 Å². The van der Waals surface area contributed by atoms with Crippen molar-refractivity contribution in [2.45, 2.75) is 6.92 Å². The summed E-state index contributed by atoms with van der Waals surface area (Å²) in [4.78, 5) is 29.8. The van der Waals surface area contributed by atoms with Gasteiger partial charge in [-0.3, -0.25) is 9.59 Å². The van der Waals surface area contributed by atoms with Crippen LogP contribution in [0.4, 0.5) is 0 Å². The molecule has 0 unspecified atom stereocenters. The van der Waals surface area contributed by atoms with Crippen LogP contribution >= 0.6 is 11.6 Å². The highest BCUT2D eigenvalue weighted by molar-refractivity contribution is 6.35. The number of carbonyl (C=O) groups excluding carboxylic acids is 2. The number of furan rings is 1. The summed E-state index contributed by atoms with van der Waals surface area (Å²) in [6.07, 6.45) is 0. The van der Waals surface area contributed by atoms with Crippen molar-refractivity contribution < 1.29 is 14.0 Å². The maximum Gasteiger partial charge on any atom is 0.290 e. The fraction of sp³-hybridized carbons (Fsp3) is 0.200. The molecule has 3 aromatic carbocycles. The van der Waals surface area contributed by atoms with Gasteiger partial charge in [0.1, 0.15) is 0 Å².